The summed E-state index contributed by atoms with van der Waals surface area (Å²) < 4.78 is 16.1. The molecule has 1 aromatic rings. The fraction of sp³-hybridized carbons (Fsp3) is 0.615. The van der Waals surface area contributed by atoms with Gasteiger partial charge in [0.25, 0.3) is 0 Å². The minimum absolute atomic E-state index is 0.0438. The van der Waals surface area contributed by atoms with Gasteiger partial charge in [0.05, 0.1) is 6.54 Å². The highest BCUT2D eigenvalue weighted by molar-refractivity contribution is 6.00. The normalized spacial score (nSPS) is 12.6. The molecule has 0 atom stereocenters. The van der Waals surface area contributed by atoms with Crippen molar-refractivity contribution in [2.45, 2.75) is 99.5 Å². The second kappa shape index (κ2) is 11.6. The largest absolute Gasteiger partial charge is 0.443 e. The van der Waals surface area contributed by atoms with E-state index < -0.39 is 35.1 Å². The number of ether oxygens (including phenoxy) is 3. The summed E-state index contributed by atoms with van der Waals surface area (Å²) >= 11 is 0. The molecule has 3 amide bonds. The zero-order chi connectivity index (χ0) is 28.1. The van der Waals surface area contributed by atoms with E-state index in [9.17, 15) is 14.4 Å². The molecule has 0 heterocycles. The Bertz CT molecular complexity index is 956. The molecule has 2 N–H and O–H groups in total. The summed E-state index contributed by atoms with van der Waals surface area (Å²) in [6.45, 7) is 19.5. The number of amides is 3. The molecule has 202 valence electrons. The smallest absolute Gasteiger partial charge is 0.437 e. The van der Waals surface area contributed by atoms with Crippen molar-refractivity contribution in [2.24, 2.45) is 10.7 Å². The van der Waals surface area contributed by atoms with Gasteiger partial charge in [-0.1, -0.05) is 6.07 Å². The van der Waals surface area contributed by atoms with Crippen LogP contribution in [-0.4, -0.2) is 52.5 Å². The highest BCUT2D eigenvalue weighted by Crippen LogP contribution is 2.23. The molecule has 1 rings (SSSR count). The van der Waals surface area contributed by atoms with Crippen LogP contribution >= 0.6 is 0 Å². The van der Waals surface area contributed by atoms with E-state index in [0.29, 0.717) is 17.8 Å². The van der Waals surface area contributed by atoms with Gasteiger partial charge < -0.3 is 24.8 Å². The number of imide groups is 1. The molecular formula is C26H42N4O6. The number of carbonyl (C=O) groups is 3. The van der Waals surface area contributed by atoms with Gasteiger partial charge >= 0.3 is 18.3 Å². The maximum atomic E-state index is 12.9. The summed E-state index contributed by atoms with van der Waals surface area (Å²) in [6.07, 6.45) is -2.44. The average Bonchev–Trinajstić information content (AvgIpc) is 2.63. The molecular weight excluding hydrogens is 464 g/mol. The number of anilines is 1. The maximum absolute atomic E-state index is 12.9. The van der Waals surface area contributed by atoms with E-state index in [2.05, 4.69) is 4.99 Å². The summed E-state index contributed by atoms with van der Waals surface area (Å²) in [5.41, 5.74) is 5.91. The van der Waals surface area contributed by atoms with Crippen molar-refractivity contribution in [3.63, 3.8) is 0 Å². The zero-order valence-electron chi connectivity index (χ0n) is 23.5. The number of nitrogens with two attached hydrogens (primary N) is 1. The predicted octanol–water partition coefficient (Wildman–Crippen LogP) is 5.74. The van der Waals surface area contributed by atoms with E-state index in [1.165, 1.54) is 0 Å². The van der Waals surface area contributed by atoms with Crippen LogP contribution in [0.1, 0.15) is 80.4 Å². The number of aliphatic imine (C=N–C) groups is 1. The van der Waals surface area contributed by atoms with Crippen molar-refractivity contribution in [2.75, 3.05) is 11.4 Å². The first-order chi connectivity index (χ1) is 16.2. The van der Waals surface area contributed by atoms with E-state index in [1.54, 1.807) is 73.3 Å². The molecule has 10 nitrogen and oxygen atoms in total. The molecule has 0 saturated heterocycles. The molecule has 0 aliphatic carbocycles. The van der Waals surface area contributed by atoms with Gasteiger partial charge in [-0.05, 0) is 99.4 Å². The van der Waals surface area contributed by atoms with Crippen LogP contribution in [0.2, 0.25) is 0 Å². The molecule has 0 spiro atoms. The average molecular weight is 507 g/mol. The lowest BCUT2D eigenvalue weighted by Gasteiger charge is -2.29. The maximum Gasteiger partial charge on any atom is 0.437 e. The van der Waals surface area contributed by atoms with E-state index in [1.807, 2.05) is 26.0 Å². The van der Waals surface area contributed by atoms with Gasteiger partial charge in [-0.3, -0.25) is 0 Å². The first-order valence-corrected chi connectivity index (χ1v) is 11.9. The first kappa shape index (κ1) is 30.7. The molecule has 10 heteroatoms. The van der Waals surface area contributed by atoms with E-state index >= 15 is 0 Å². The third-order valence-electron chi connectivity index (χ3n) is 4.39. The lowest BCUT2D eigenvalue weighted by Crippen LogP contribution is -2.43. The van der Waals surface area contributed by atoms with Crippen molar-refractivity contribution >= 4 is 29.9 Å². The van der Waals surface area contributed by atoms with Crippen LogP contribution in [0.25, 0.3) is 0 Å². The predicted molar refractivity (Wildman–Crippen MR) is 140 cm³/mol. The SMILES string of the molecule is CCN(C(N)=NC(=O)OC(C)(C)C)c1ccc(C)c(CN(C(=O)OC(C)(C)C)C(=O)OC(C)(C)C)c1. The Morgan fingerprint density at radius 1 is 0.861 bits per heavy atom. The number of hydrogen-bond acceptors (Lipinski definition) is 6. The zero-order valence-corrected chi connectivity index (χ0v) is 23.5. The van der Waals surface area contributed by atoms with Gasteiger partial charge in [-0.15, -0.1) is 4.99 Å². The first-order valence-electron chi connectivity index (χ1n) is 11.9. The quantitative estimate of drug-likeness (QED) is 0.311. The topological polar surface area (TPSA) is 124 Å². The second-order valence-corrected chi connectivity index (χ2v) is 11.4. The Labute approximate surface area is 214 Å². The number of carbonyl (C=O) groups excluding carboxylic acids is 3. The molecule has 0 radical (unpaired) electrons. The minimum atomic E-state index is -0.820. The monoisotopic (exact) mass is 506 g/mol. The number of guanidine groups is 1. The summed E-state index contributed by atoms with van der Waals surface area (Å²) in [4.78, 5) is 44.4. The van der Waals surface area contributed by atoms with Crippen LogP contribution in [-0.2, 0) is 20.8 Å². The Hall–Kier alpha value is -3.30. The molecule has 0 fully saturated rings. The lowest BCUT2D eigenvalue weighted by atomic mass is 10.1. The van der Waals surface area contributed by atoms with Crippen LogP contribution < -0.4 is 10.6 Å². The fourth-order valence-electron chi connectivity index (χ4n) is 2.92. The van der Waals surface area contributed by atoms with Crippen molar-refractivity contribution in [1.29, 1.82) is 0 Å². The standard InChI is InChI=1S/C26H42N4O6/c1-12-29(20(27)28-21(31)34-24(3,4)5)19-14-13-17(2)18(15-19)16-30(22(32)35-25(6,7)8)23(33)36-26(9,10)11/h13-15H,12,16H2,1-11H3,(H2,27,28,31). The van der Waals surface area contributed by atoms with Crippen molar-refractivity contribution in [3.8, 4) is 0 Å². The summed E-state index contributed by atoms with van der Waals surface area (Å²) in [7, 11) is 0. The van der Waals surface area contributed by atoms with E-state index in [4.69, 9.17) is 19.9 Å². The molecule has 0 aromatic heterocycles. The number of nitrogens with zero attached hydrogens (tertiary/aromatic N) is 3. The lowest BCUT2D eigenvalue weighted by molar-refractivity contribution is -0.000311. The van der Waals surface area contributed by atoms with Crippen LogP contribution in [0, 0.1) is 6.92 Å². The van der Waals surface area contributed by atoms with Crippen molar-refractivity contribution < 1.29 is 28.6 Å². The van der Waals surface area contributed by atoms with Crippen LogP contribution in [0.5, 0.6) is 0 Å². The Morgan fingerprint density at radius 3 is 1.75 bits per heavy atom. The van der Waals surface area contributed by atoms with Gasteiger partial charge in [0.2, 0.25) is 5.96 Å². The summed E-state index contributed by atoms with van der Waals surface area (Å²) in [5, 5.41) is 0. The molecule has 0 saturated carbocycles. The van der Waals surface area contributed by atoms with Gasteiger partial charge in [-0.2, -0.15) is 0 Å². The van der Waals surface area contributed by atoms with Crippen molar-refractivity contribution in [3.05, 3.63) is 29.3 Å². The number of benzene rings is 1. The summed E-state index contributed by atoms with van der Waals surface area (Å²) in [6, 6.07) is 5.42. The Kier molecular flexibility index (Phi) is 9.92. The van der Waals surface area contributed by atoms with Crippen LogP contribution in [0.4, 0.5) is 20.1 Å². The highest BCUT2D eigenvalue weighted by Gasteiger charge is 2.32. The van der Waals surface area contributed by atoms with Crippen molar-refractivity contribution in [1.82, 2.24) is 4.90 Å². The molecule has 1 aromatic carbocycles. The molecule has 0 unspecified atom stereocenters. The second-order valence-electron chi connectivity index (χ2n) is 11.4. The van der Waals surface area contributed by atoms with Gasteiger partial charge in [0.15, 0.2) is 0 Å². The third-order valence-corrected chi connectivity index (χ3v) is 4.39. The van der Waals surface area contributed by atoms with Gasteiger partial charge in [0, 0.05) is 12.2 Å². The van der Waals surface area contributed by atoms with Crippen LogP contribution in [0.3, 0.4) is 0 Å². The number of aryl methyl sites for hydroxylation is 1. The fourth-order valence-corrected chi connectivity index (χ4v) is 2.92. The molecule has 0 aliphatic rings. The molecule has 0 aliphatic heterocycles. The Balaban J connectivity index is 3.35. The highest BCUT2D eigenvalue weighted by atomic mass is 16.6. The third kappa shape index (κ3) is 10.5. The van der Waals surface area contributed by atoms with E-state index in [0.717, 1.165) is 10.5 Å². The van der Waals surface area contributed by atoms with Gasteiger partial charge in [-0.25, -0.2) is 19.3 Å². The Morgan fingerprint density at radius 2 is 1.33 bits per heavy atom. The minimum Gasteiger partial charge on any atom is -0.443 e. The van der Waals surface area contributed by atoms with E-state index in [-0.39, 0.29) is 12.5 Å². The van der Waals surface area contributed by atoms with Crippen LogP contribution in [0.15, 0.2) is 23.2 Å². The number of hydrogen-bond donors (Lipinski definition) is 1. The van der Waals surface area contributed by atoms with Gasteiger partial charge in [0.1, 0.15) is 16.8 Å². The molecule has 0 bridgehead atoms. The number of rotatable bonds is 4. The molecule has 36 heavy (non-hydrogen) atoms. The summed E-state index contributed by atoms with van der Waals surface area (Å²) in [5.74, 6) is -0.0438.